The summed E-state index contributed by atoms with van der Waals surface area (Å²) in [5, 5.41) is 9.21. The number of likely N-dealkylation sites (tertiary alicyclic amines) is 1. The van der Waals surface area contributed by atoms with Gasteiger partial charge in [0.05, 0.1) is 16.6 Å². The third-order valence-corrected chi connectivity index (χ3v) is 4.37. The van der Waals surface area contributed by atoms with Gasteiger partial charge in [-0.2, -0.15) is 0 Å². The van der Waals surface area contributed by atoms with E-state index in [4.69, 9.17) is 4.74 Å². The molecule has 0 radical (unpaired) electrons. The highest BCUT2D eigenvalue weighted by Gasteiger charge is 2.51. The molecule has 6 heteroatoms. The van der Waals surface area contributed by atoms with Gasteiger partial charge in [0.25, 0.3) is 0 Å². The summed E-state index contributed by atoms with van der Waals surface area (Å²) in [7, 11) is 0. The third-order valence-electron chi connectivity index (χ3n) is 3.76. The van der Waals surface area contributed by atoms with E-state index >= 15 is 0 Å². The first kappa shape index (κ1) is 12.9. The minimum Gasteiger partial charge on any atom is -0.465 e. The molecule has 0 aromatic heterocycles. The molecule has 2 aliphatic heterocycles. The fourth-order valence-corrected chi connectivity index (χ4v) is 3.14. The molecule has 4 nitrogen and oxygen atoms in total. The monoisotopic (exact) mass is 329 g/mol. The minimum atomic E-state index is -0.964. The Morgan fingerprint density at radius 3 is 3.11 bits per heavy atom. The van der Waals surface area contributed by atoms with Crippen molar-refractivity contribution in [2.75, 3.05) is 6.54 Å². The Balaban J connectivity index is 1.84. The van der Waals surface area contributed by atoms with Gasteiger partial charge in [-0.1, -0.05) is 12.1 Å². The maximum atomic E-state index is 14.0. The summed E-state index contributed by atoms with van der Waals surface area (Å²) >= 11 is 3.14. The third kappa shape index (κ3) is 2.34. The van der Waals surface area contributed by atoms with Crippen LogP contribution in [0.2, 0.25) is 0 Å². The van der Waals surface area contributed by atoms with Gasteiger partial charge in [-0.15, -0.1) is 0 Å². The fourth-order valence-electron chi connectivity index (χ4n) is 2.73. The number of hydrogen-bond donors (Lipinski definition) is 1. The van der Waals surface area contributed by atoms with Crippen LogP contribution in [0.4, 0.5) is 9.18 Å². The van der Waals surface area contributed by atoms with E-state index in [1.165, 1.54) is 4.90 Å². The first-order valence-corrected chi connectivity index (χ1v) is 6.95. The van der Waals surface area contributed by atoms with Crippen molar-refractivity contribution >= 4 is 22.0 Å². The second-order valence-corrected chi connectivity index (χ2v) is 5.74. The lowest BCUT2D eigenvalue weighted by molar-refractivity contribution is 0.111. The van der Waals surface area contributed by atoms with Crippen molar-refractivity contribution in [1.29, 1.82) is 0 Å². The first-order chi connectivity index (χ1) is 9.08. The number of nitrogens with zero attached hydrogens (tertiary/aromatic N) is 1. The zero-order valence-electron chi connectivity index (χ0n) is 10.1. The van der Waals surface area contributed by atoms with E-state index in [2.05, 4.69) is 15.9 Å². The van der Waals surface area contributed by atoms with Crippen LogP contribution in [0.1, 0.15) is 12.0 Å². The van der Waals surface area contributed by atoms with Gasteiger partial charge < -0.3 is 14.7 Å². The SMILES string of the molecule is O=C(O)N1CCC2OC2C1Cc1cccc(Br)c1F. The second kappa shape index (κ2) is 4.76. The number of benzene rings is 1. The lowest BCUT2D eigenvalue weighted by Gasteiger charge is -2.31. The number of halogens is 2. The molecule has 3 unspecified atom stereocenters. The molecule has 0 saturated carbocycles. The molecule has 2 aliphatic rings. The topological polar surface area (TPSA) is 53.1 Å². The summed E-state index contributed by atoms with van der Waals surface area (Å²) in [5.41, 5.74) is 0.516. The molecule has 3 rings (SSSR count). The molecule has 0 aliphatic carbocycles. The van der Waals surface area contributed by atoms with Crippen LogP contribution in [0.3, 0.4) is 0 Å². The molecule has 0 bridgehead atoms. The Labute approximate surface area is 118 Å². The van der Waals surface area contributed by atoms with E-state index in [1.54, 1.807) is 18.2 Å². The van der Waals surface area contributed by atoms with Gasteiger partial charge in [0.1, 0.15) is 11.9 Å². The first-order valence-electron chi connectivity index (χ1n) is 6.16. The van der Waals surface area contributed by atoms with Crippen LogP contribution in [-0.4, -0.2) is 40.9 Å². The van der Waals surface area contributed by atoms with Gasteiger partial charge >= 0.3 is 6.09 Å². The number of epoxide rings is 1. The molecule has 19 heavy (non-hydrogen) atoms. The maximum absolute atomic E-state index is 14.0. The van der Waals surface area contributed by atoms with Crippen molar-refractivity contribution in [2.45, 2.75) is 31.1 Å². The van der Waals surface area contributed by atoms with Crippen molar-refractivity contribution in [2.24, 2.45) is 0 Å². The number of piperidine rings is 1. The summed E-state index contributed by atoms with van der Waals surface area (Å²) in [4.78, 5) is 12.6. The molecule has 1 aromatic rings. The standard InChI is InChI=1S/C13H13BrFNO3/c14-8-3-1-2-7(11(8)15)6-9-12-10(19-12)4-5-16(9)13(17)18/h1-3,9-10,12H,4-6H2,(H,17,18). The summed E-state index contributed by atoms with van der Waals surface area (Å²) in [6.45, 7) is 0.455. The quantitative estimate of drug-likeness (QED) is 0.848. The van der Waals surface area contributed by atoms with Crippen molar-refractivity contribution in [3.63, 3.8) is 0 Å². The van der Waals surface area contributed by atoms with Crippen molar-refractivity contribution in [3.05, 3.63) is 34.1 Å². The van der Waals surface area contributed by atoms with Gasteiger partial charge in [0.2, 0.25) is 0 Å². The van der Waals surface area contributed by atoms with E-state index in [0.717, 1.165) is 6.42 Å². The number of rotatable bonds is 2. The van der Waals surface area contributed by atoms with Crippen LogP contribution in [0, 0.1) is 5.82 Å². The lowest BCUT2D eigenvalue weighted by atomic mass is 9.96. The lowest BCUT2D eigenvalue weighted by Crippen LogP contribution is -2.48. The Morgan fingerprint density at radius 1 is 1.58 bits per heavy atom. The molecular formula is C13H13BrFNO3. The predicted octanol–water partition coefficient (Wildman–Crippen LogP) is 2.65. The summed E-state index contributed by atoms with van der Waals surface area (Å²) in [6.07, 6.45) is 0.182. The Bertz CT molecular complexity index is 525. The Hall–Kier alpha value is -1.14. The summed E-state index contributed by atoms with van der Waals surface area (Å²) < 4.78 is 19.8. The largest absolute Gasteiger partial charge is 0.465 e. The number of ether oxygens (including phenoxy) is 1. The number of carbonyl (C=O) groups is 1. The zero-order chi connectivity index (χ0) is 13.6. The van der Waals surface area contributed by atoms with Gasteiger partial charge in [0, 0.05) is 6.54 Å². The highest BCUT2D eigenvalue weighted by Crippen LogP contribution is 2.37. The number of amides is 1. The smallest absolute Gasteiger partial charge is 0.407 e. The number of carboxylic acid groups (broad SMARTS) is 1. The minimum absolute atomic E-state index is 0.0803. The molecule has 0 spiro atoms. The zero-order valence-corrected chi connectivity index (χ0v) is 11.6. The van der Waals surface area contributed by atoms with Crippen molar-refractivity contribution < 1.29 is 19.0 Å². The maximum Gasteiger partial charge on any atom is 0.407 e. The van der Waals surface area contributed by atoms with Crippen LogP contribution >= 0.6 is 15.9 Å². The van der Waals surface area contributed by atoms with Gasteiger partial charge in [-0.05, 0) is 40.4 Å². The van der Waals surface area contributed by atoms with Crippen molar-refractivity contribution in [3.8, 4) is 0 Å². The van der Waals surface area contributed by atoms with Gasteiger partial charge in [0.15, 0.2) is 0 Å². The van der Waals surface area contributed by atoms with E-state index in [0.29, 0.717) is 23.0 Å². The van der Waals surface area contributed by atoms with E-state index in [9.17, 15) is 14.3 Å². The Kier molecular flexibility index (Phi) is 3.22. The molecule has 2 heterocycles. The molecule has 1 N–H and O–H groups in total. The normalized spacial score (nSPS) is 28.9. The molecular weight excluding hydrogens is 317 g/mol. The highest BCUT2D eigenvalue weighted by atomic mass is 79.9. The Morgan fingerprint density at radius 2 is 2.37 bits per heavy atom. The van der Waals surface area contributed by atoms with Crippen LogP contribution in [-0.2, 0) is 11.2 Å². The van der Waals surface area contributed by atoms with Crippen molar-refractivity contribution in [1.82, 2.24) is 4.90 Å². The fraction of sp³-hybridized carbons (Fsp3) is 0.462. The summed E-state index contributed by atoms with van der Waals surface area (Å²) in [6, 6.07) is 4.78. The van der Waals surface area contributed by atoms with Crippen LogP contribution < -0.4 is 0 Å². The van der Waals surface area contributed by atoms with Crippen LogP contribution in [0.5, 0.6) is 0 Å². The van der Waals surface area contributed by atoms with E-state index in [-0.39, 0.29) is 24.1 Å². The average molecular weight is 330 g/mol. The van der Waals surface area contributed by atoms with E-state index in [1.807, 2.05) is 0 Å². The molecule has 1 amide bonds. The van der Waals surface area contributed by atoms with E-state index < -0.39 is 6.09 Å². The molecule has 1 aromatic carbocycles. The average Bonchev–Trinajstić information content (AvgIpc) is 3.14. The van der Waals surface area contributed by atoms with Gasteiger partial charge in [-0.25, -0.2) is 9.18 Å². The van der Waals surface area contributed by atoms with Crippen LogP contribution in [0.15, 0.2) is 22.7 Å². The number of fused-ring (bicyclic) bond motifs is 1. The second-order valence-electron chi connectivity index (χ2n) is 4.89. The van der Waals surface area contributed by atoms with Crippen LogP contribution in [0.25, 0.3) is 0 Å². The molecule has 102 valence electrons. The molecule has 2 saturated heterocycles. The molecule has 3 atom stereocenters. The predicted molar refractivity (Wildman–Crippen MR) is 69.6 cm³/mol. The molecule has 2 fully saturated rings. The summed E-state index contributed by atoms with van der Waals surface area (Å²) in [5.74, 6) is -0.324. The number of hydrogen-bond acceptors (Lipinski definition) is 2. The van der Waals surface area contributed by atoms with Gasteiger partial charge in [-0.3, -0.25) is 0 Å². The highest BCUT2D eigenvalue weighted by molar-refractivity contribution is 9.10.